The number of nitrogens with zero attached hydrogens (tertiary/aromatic N) is 1. The normalized spacial score (nSPS) is 10.8. The van der Waals surface area contributed by atoms with Gasteiger partial charge in [0, 0.05) is 18.4 Å². The summed E-state index contributed by atoms with van der Waals surface area (Å²) in [7, 11) is 2.14. The summed E-state index contributed by atoms with van der Waals surface area (Å²) >= 11 is 0. The lowest BCUT2D eigenvalue weighted by atomic mass is 9.99. The van der Waals surface area contributed by atoms with Crippen LogP contribution in [0.25, 0.3) is 22.3 Å². The van der Waals surface area contributed by atoms with Crippen molar-refractivity contribution in [3.63, 3.8) is 0 Å². The first-order valence-corrected chi connectivity index (χ1v) is 13.9. The molecule has 6 rings (SSSR count). The molecule has 0 heterocycles. The van der Waals surface area contributed by atoms with E-state index in [2.05, 4.69) is 170 Å². The van der Waals surface area contributed by atoms with Gasteiger partial charge in [-0.3, -0.25) is 0 Å². The Bertz CT molecular complexity index is 1540. The molecule has 0 aliphatic heterocycles. The van der Waals surface area contributed by atoms with Crippen LogP contribution in [0.3, 0.4) is 0 Å². The third-order valence-electron chi connectivity index (χ3n) is 7.54. The molecule has 0 unspecified atom stereocenters. The Morgan fingerprint density at radius 2 is 0.725 bits per heavy atom. The fourth-order valence-electron chi connectivity index (χ4n) is 5.23. The Morgan fingerprint density at radius 3 is 1.12 bits per heavy atom. The molecule has 0 aliphatic carbocycles. The quantitative estimate of drug-likeness (QED) is 0.195. The van der Waals surface area contributed by atoms with E-state index in [4.69, 9.17) is 0 Å². The maximum atomic E-state index is 2.28. The van der Waals surface area contributed by atoms with E-state index < -0.39 is 0 Å². The molecule has 194 valence electrons. The van der Waals surface area contributed by atoms with Gasteiger partial charge in [0.15, 0.2) is 0 Å². The average molecular weight is 516 g/mol. The molecule has 0 radical (unpaired) electrons. The van der Waals surface area contributed by atoms with Crippen molar-refractivity contribution in [1.82, 2.24) is 0 Å². The van der Waals surface area contributed by atoms with Crippen LogP contribution in [0.15, 0.2) is 158 Å². The minimum absolute atomic E-state index is 0.954. The minimum Gasteiger partial charge on any atom is -0.345 e. The van der Waals surface area contributed by atoms with Crippen molar-refractivity contribution < 1.29 is 0 Å². The van der Waals surface area contributed by atoms with E-state index in [1.807, 2.05) is 0 Å². The van der Waals surface area contributed by atoms with Gasteiger partial charge in [-0.25, -0.2) is 0 Å². The molecule has 0 saturated carbocycles. The van der Waals surface area contributed by atoms with Crippen molar-refractivity contribution in [2.24, 2.45) is 0 Å². The standard InChI is InChI=1S/C39H33N/c1-40(38-16-8-14-36(28-38)34-22-18-32(19-23-34)26-30-10-4-2-5-11-30)39-17-9-15-37(29-39)35-24-20-33(21-25-35)27-31-12-6-3-7-13-31/h2-25,28-29H,26-27H2,1H3. The van der Waals surface area contributed by atoms with Crippen LogP contribution in [0.2, 0.25) is 0 Å². The monoisotopic (exact) mass is 515 g/mol. The summed E-state index contributed by atoms with van der Waals surface area (Å²) in [5.74, 6) is 0. The Labute approximate surface area is 238 Å². The molecule has 0 spiro atoms. The molecule has 0 bridgehead atoms. The molecule has 0 aromatic heterocycles. The Hall–Kier alpha value is -4.88. The van der Waals surface area contributed by atoms with Crippen molar-refractivity contribution >= 4 is 11.4 Å². The zero-order valence-corrected chi connectivity index (χ0v) is 22.9. The van der Waals surface area contributed by atoms with E-state index in [0.717, 1.165) is 12.8 Å². The highest BCUT2D eigenvalue weighted by molar-refractivity contribution is 5.75. The largest absolute Gasteiger partial charge is 0.345 e. The molecule has 6 aromatic rings. The van der Waals surface area contributed by atoms with Crippen LogP contribution >= 0.6 is 0 Å². The zero-order valence-electron chi connectivity index (χ0n) is 22.9. The number of rotatable bonds is 8. The summed E-state index contributed by atoms with van der Waals surface area (Å²) in [4.78, 5) is 2.26. The number of anilines is 2. The minimum atomic E-state index is 0.954. The molecule has 1 heteroatoms. The number of benzene rings is 6. The highest BCUT2D eigenvalue weighted by Crippen LogP contribution is 2.31. The van der Waals surface area contributed by atoms with Gasteiger partial charge in [-0.2, -0.15) is 0 Å². The van der Waals surface area contributed by atoms with Crippen LogP contribution in [0.4, 0.5) is 11.4 Å². The summed E-state index contributed by atoms with van der Waals surface area (Å²) in [5.41, 5.74) is 12.6. The smallest absolute Gasteiger partial charge is 0.0414 e. The molecule has 0 atom stereocenters. The zero-order chi connectivity index (χ0) is 27.1. The van der Waals surface area contributed by atoms with E-state index in [0.29, 0.717) is 0 Å². The van der Waals surface area contributed by atoms with Gasteiger partial charge >= 0.3 is 0 Å². The Balaban J connectivity index is 1.17. The van der Waals surface area contributed by atoms with Crippen molar-refractivity contribution in [1.29, 1.82) is 0 Å². The van der Waals surface area contributed by atoms with Crippen LogP contribution in [0, 0.1) is 0 Å². The molecular formula is C39H33N. The summed E-state index contributed by atoms with van der Waals surface area (Å²) in [6, 6.07) is 56.8. The molecule has 40 heavy (non-hydrogen) atoms. The van der Waals surface area contributed by atoms with E-state index in [9.17, 15) is 0 Å². The van der Waals surface area contributed by atoms with Gasteiger partial charge < -0.3 is 4.90 Å². The Kier molecular flexibility index (Phi) is 7.55. The van der Waals surface area contributed by atoms with Crippen LogP contribution in [-0.4, -0.2) is 7.05 Å². The fraction of sp³-hybridized carbons (Fsp3) is 0.0769. The number of hydrogen-bond acceptors (Lipinski definition) is 1. The lowest BCUT2D eigenvalue weighted by Crippen LogP contribution is -2.09. The summed E-state index contributed by atoms with van der Waals surface area (Å²) in [5, 5.41) is 0. The SMILES string of the molecule is CN(c1cccc(-c2ccc(Cc3ccccc3)cc2)c1)c1cccc(-c2ccc(Cc3ccccc3)cc2)c1. The van der Waals surface area contributed by atoms with Gasteiger partial charge in [-0.05, 0) is 81.6 Å². The van der Waals surface area contributed by atoms with Crippen LogP contribution in [-0.2, 0) is 12.8 Å². The summed E-state index contributed by atoms with van der Waals surface area (Å²) < 4.78 is 0. The van der Waals surface area contributed by atoms with Crippen LogP contribution in [0.5, 0.6) is 0 Å². The second kappa shape index (κ2) is 11.9. The van der Waals surface area contributed by atoms with Crippen molar-refractivity contribution in [3.8, 4) is 22.3 Å². The van der Waals surface area contributed by atoms with Crippen molar-refractivity contribution in [2.45, 2.75) is 12.8 Å². The highest BCUT2D eigenvalue weighted by Gasteiger charge is 2.08. The van der Waals surface area contributed by atoms with Crippen LogP contribution < -0.4 is 4.90 Å². The van der Waals surface area contributed by atoms with E-state index in [-0.39, 0.29) is 0 Å². The van der Waals surface area contributed by atoms with E-state index in [1.165, 1.54) is 55.9 Å². The topological polar surface area (TPSA) is 3.24 Å². The van der Waals surface area contributed by atoms with Gasteiger partial charge in [-0.1, -0.05) is 133 Å². The molecule has 1 nitrogen and oxygen atoms in total. The first kappa shape index (κ1) is 25.4. The fourth-order valence-corrected chi connectivity index (χ4v) is 5.23. The summed E-state index contributed by atoms with van der Waals surface area (Å²) in [6.07, 6.45) is 1.91. The maximum absolute atomic E-state index is 2.28. The molecule has 0 amide bonds. The van der Waals surface area contributed by atoms with E-state index in [1.54, 1.807) is 0 Å². The predicted molar refractivity (Wildman–Crippen MR) is 170 cm³/mol. The second-order valence-corrected chi connectivity index (χ2v) is 10.4. The van der Waals surface area contributed by atoms with Gasteiger partial charge in [0.25, 0.3) is 0 Å². The average Bonchev–Trinajstić information content (AvgIpc) is 3.03. The van der Waals surface area contributed by atoms with Crippen LogP contribution in [0.1, 0.15) is 22.3 Å². The third-order valence-corrected chi connectivity index (χ3v) is 7.54. The lowest BCUT2D eigenvalue weighted by Gasteiger charge is -2.21. The maximum Gasteiger partial charge on any atom is 0.0414 e. The molecule has 0 saturated heterocycles. The molecular weight excluding hydrogens is 482 g/mol. The molecule has 0 fully saturated rings. The predicted octanol–water partition coefficient (Wildman–Crippen LogP) is 9.97. The second-order valence-electron chi connectivity index (χ2n) is 10.4. The molecule has 0 aliphatic rings. The van der Waals surface area contributed by atoms with E-state index >= 15 is 0 Å². The third kappa shape index (κ3) is 6.06. The van der Waals surface area contributed by atoms with Crippen molar-refractivity contribution in [2.75, 3.05) is 11.9 Å². The number of hydrogen-bond donors (Lipinski definition) is 0. The summed E-state index contributed by atoms with van der Waals surface area (Å²) in [6.45, 7) is 0. The first-order chi connectivity index (χ1) is 19.7. The lowest BCUT2D eigenvalue weighted by molar-refractivity contribution is 1.19. The van der Waals surface area contributed by atoms with Gasteiger partial charge in [0.1, 0.15) is 0 Å². The molecule has 6 aromatic carbocycles. The molecule has 0 N–H and O–H groups in total. The van der Waals surface area contributed by atoms with Gasteiger partial charge in [-0.15, -0.1) is 0 Å². The van der Waals surface area contributed by atoms with Gasteiger partial charge in [0.2, 0.25) is 0 Å². The van der Waals surface area contributed by atoms with Crippen molar-refractivity contribution in [3.05, 3.63) is 180 Å². The Morgan fingerprint density at radius 1 is 0.350 bits per heavy atom. The first-order valence-electron chi connectivity index (χ1n) is 13.9. The highest BCUT2D eigenvalue weighted by atomic mass is 15.1. The van der Waals surface area contributed by atoms with Gasteiger partial charge in [0.05, 0.1) is 0 Å².